The number of aliphatic hydroxyl groups excluding tert-OH is 1. The summed E-state index contributed by atoms with van der Waals surface area (Å²) >= 11 is 0. The highest BCUT2D eigenvalue weighted by molar-refractivity contribution is 5.35. The molecule has 1 fully saturated rings. The Morgan fingerprint density at radius 1 is 0.964 bits per heavy atom. The number of H-pyrrole nitrogens is 1. The number of aromatic nitrogens is 1. The lowest BCUT2D eigenvalue weighted by Crippen LogP contribution is -2.35. The van der Waals surface area contributed by atoms with Gasteiger partial charge in [-0.05, 0) is 67.9 Å². The monoisotopic (exact) mass is 378 g/mol. The number of nitrogens with one attached hydrogen (secondary N) is 1. The summed E-state index contributed by atoms with van der Waals surface area (Å²) in [7, 11) is 0. The molecule has 2 heterocycles. The number of aliphatic hydroxyl groups is 1. The molecule has 3 aromatic rings. The van der Waals surface area contributed by atoms with E-state index in [1.165, 1.54) is 5.69 Å². The highest BCUT2D eigenvalue weighted by Crippen LogP contribution is 2.31. The van der Waals surface area contributed by atoms with Crippen LogP contribution in [0.25, 0.3) is 0 Å². The fourth-order valence-electron chi connectivity index (χ4n) is 3.69. The van der Waals surface area contributed by atoms with Crippen LogP contribution in [0, 0.1) is 0 Å². The molecule has 2 atom stereocenters. The summed E-state index contributed by atoms with van der Waals surface area (Å²) < 4.78 is 11.5. The third kappa shape index (κ3) is 4.74. The van der Waals surface area contributed by atoms with Gasteiger partial charge in [0.15, 0.2) is 0 Å². The minimum Gasteiger partial charge on any atom is -0.491 e. The third-order valence-electron chi connectivity index (χ3n) is 5.03. The van der Waals surface area contributed by atoms with Crippen molar-refractivity contribution in [1.82, 2.24) is 9.88 Å². The summed E-state index contributed by atoms with van der Waals surface area (Å²) in [5.74, 6) is 2.28. The van der Waals surface area contributed by atoms with Crippen LogP contribution in [0.2, 0.25) is 0 Å². The van der Waals surface area contributed by atoms with Crippen LogP contribution in [0.4, 0.5) is 0 Å². The van der Waals surface area contributed by atoms with Gasteiger partial charge in [-0.3, -0.25) is 4.90 Å². The molecular formula is C23H26N2O3. The maximum atomic E-state index is 10.4. The van der Waals surface area contributed by atoms with Gasteiger partial charge >= 0.3 is 0 Å². The lowest BCUT2D eigenvalue weighted by Gasteiger charge is -2.26. The maximum absolute atomic E-state index is 10.4. The summed E-state index contributed by atoms with van der Waals surface area (Å²) in [6.45, 7) is 1.89. The molecule has 0 amide bonds. The number of hydrogen-bond acceptors (Lipinski definition) is 4. The minimum absolute atomic E-state index is 0.271. The molecule has 1 aliphatic heterocycles. The van der Waals surface area contributed by atoms with Crippen molar-refractivity contribution < 1.29 is 14.6 Å². The van der Waals surface area contributed by atoms with Gasteiger partial charge < -0.3 is 19.6 Å². The van der Waals surface area contributed by atoms with E-state index < -0.39 is 6.10 Å². The predicted octanol–water partition coefficient (Wildman–Crippen LogP) is 4.38. The van der Waals surface area contributed by atoms with Crippen LogP contribution in [0.5, 0.6) is 17.2 Å². The van der Waals surface area contributed by atoms with E-state index in [9.17, 15) is 5.11 Å². The summed E-state index contributed by atoms with van der Waals surface area (Å²) in [4.78, 5) is 5.63. The average molecular weight is 378 g/mol. The van der Waals surface area contributed by atoms with Crippen molar-refractivity contribution in [1.29, 1.82) is 0 Å². The fraction of sp³-hybridized carbons (Fsp3) is 0.304. The molecule has 0 spiro atoms. The Labute approximate surface area is 165 Å². The van der Waals surface area contributed by atoms with Crippen LogP contribution < -0.4 is 9.47 Å². The molecule has 2 aromatic carbocycles. The topological polar surface area (TPSA) is 57.7 Å². The first-order valence-corrected chi connectivity index (χ1v) is 9.79. The number of nitrogens with zero attached hydrogens (tertiary/aromatic N) is 1. The Hall–Kier alpha value is -2.76. The van der Waals surface area contributed by atoms with Crippen molar-refractivity contribution in [2.75, 3.05) is 19.7 Å². The Balaban J connectivity index is 1.26. The number of ether oxygens (including phenoxy) is 2. The van der Waals surface area contributed by atoms with Crippen LogP contribution in [0.1, 0.15) is 24.6 Å². The number of β-amino-alcohol motifs (C(OH)–C–C–N with tert-alkyl or cyclic N) is 1. The second kappa shape index (κ2) is 8.95. The van der Waals surface area contributed by atoms with Crippen LogP contribution in [0.15, 0.2) is 72.9 Å². The van der Waals surface area contributed by atoms with Crippen LogP contribution in [-0.4, -0.2) is 40.8 Å². The maximum Gasteiger partial charge on any atom is 0.127 e. The molecule has 1 saturated heterocycles. The van der Waals surface area contributed by atoms with Gasteiger partial charge in [-0.25, -0.2) is 0 Å². The zero-order chi connectivity index (χ0) is 19.2. The second-order valence-corrected chi connectivity index (χ2v) is 7.13. The van der Waals surface area contributed by atoms with E-state index in [1.54, 1.807) is 0 Å². The molecule has 5 heteroatoms. The zero-order valence-electron chi connectivity index (χ0n) is 15.8. The first-order valence-electron chi connectivity index (χ1n) is 9.79. The van der Waals surface area contributed by atoms with Crippen molar-refractivity contribution in [2.45, 2.75) is 25.0 Å². The van der Waals surface area contributed by atoms with Gasteiger partial charge in [0, 0.05) is 24.5 Å². The van der Waals surface area contributed by atoms with Crippen molar-refractivity contribution in [3.8, 4) is 17.2 Å². The molecule has 5 nitrogen and oxygen atoms in total. The lowest BCUT2D eigenvalue weighted by atomic mass is 10.1. The molecule has 28 heavy (non-hydrogen) atoms. The van der Waals surface area contributed by atoms with E-state index in [0.29, 0.717) is 12.6 Å². The summed E-state index contributed by atoms with van der Waals surface area (Å²) in [5.41, 5.74) is 1.22. The van der Waals surface area contributed by atoms with E-state index in [0.717, 1.165) is 36.6 Å². The summed E-state index contributed by atoms with van der Waals surface area (Å²) in [6, 6.07) is 21.6. The Morgan fingerprint density at radius 2 is 1.71 bits per heavy atom. The van der Waals surface area contributed by atoms with Gasteiger partial charge in [-0.15, -0.1) is 0 Å². The number of rotatable bonds is 8. The predicted molar refractivity (Wildman–Crippen MR) is 109 cm³/mol. The number of benzene rings is 2. The normalized spacial score (nSPS) is 18.1. The molecule has 0 aliphatic carbocycles. The van der Waals surface area contributed by atoms with Crippen molar-refractivity contribution >= 4 is 0 Å². The summed E-state index contributed by atoms with van der Waals surface area (Å²) in [5, 5.41) is 10.4. The van der Waals surface area contributed by atoms with Crippen molar-refractivity contribution in [2.24, 2.45) is 0 Å². The fourth-order valence-corrected chi connectivity index (χ4v) is 3.69. The van der Waals surface area contributed by atoms with Crippen molar-refractivity contribution in [3.05, 3.63) is 78.6 Å². The quantitative estimate of drug-likeness (QED) is 0.611. The Kier molecular flexibility index (Phi) is 5.95. The molecule has 146 valence electrons. The first-order chi connectivity index (χ1) is 13.8. The van der Waals surface area contributed by atoms with Gasteiger partial charge in [0.2, 0.25) is 0 Å². The molecule has 4 rings (SSSR count). The van der Waals surface area contributed by atoms with Crippen LogP contribution >= 0.6 is 0 Å². The number of aromatic amines is 1. The lowest BCUT2D eigenvalue weighted by molar-refractivity contribution is 0.0634. The van der Waals surface area contributed by atoms with Gasteiger partial charge in [0.05, 0.1) is 0 Å². The molecule has 2 N–H and O–H groups in total. The number of para-hydroxylation sites is 1. The Bertz CT molecular complexity index is 834. The summed E-state index contributed by atoms with van der Waals surface area (Å²) in [6.07, 6.45) is 3.70. The smallest absolute Gasteiger partial charge is 0.127 e. The molecule has 0 saturated carbocycles. The van der Waals surface area contributed by atoms with E-state index in [4.69, 9.17) is 9.47 Å². The third-order valence-corrected chi connectivity index (χ3v) is 5.03. The first kappa shape index (κ1) is 18.6. The molecule has 0 radical (unpaired) electrons. The van der Waals surface area contributed by atoms with Gasteiger partial charge in [0.25, 0.3) is 0 Å². The number of hydrogen-bond donors (Lipinski definition) is 2. The molecule has 1 aromatic heterocycles. The zero-order valence-corrected chi connectivity index (χ0v) is 15.8. The molecule has 0 bridgehead atoms. The van der Waals surface area contributed by atoms with Gasteiger partial charge in [0.1, 0.15) is 30.0 Å². The van der Waals surface area contributed by atoms with Gasteiger partial charge in [-0.1, -0.05) is 18.2 Å². The standard InChI is InChI=1S/C23H26N2O3/c26-18(16-25-15-5-9-23(25)22-8-4-14-24-22)17-27-19-10-12-21(13-11-19)28-20-6-2-1-3-7-20/h1-4,6-8,10-14,18,23-24,26H,5,9,15-17H2. The second-order valence-electron chi connectivity index (χ2n) is 7.13. The van der Waals surface area contributed by atoms with E-state index >= 15 is 0 Å². The van der Waals surface area contributed by atoms with Crippen LogP contribution in [0.3, 0.4) is 0 Å². The average Bonchev–Trinajstić information content (AvgIpc) is 3.40. The SMILES string of the molecule is OC(COc1ccc(Oc2ccccc2)cc1)CN1CCCC1c1ccc[nH]1. The largest absolute Gasteiger partial charge is 0.491 e. The molecular weight excluding hydrogens is 352 g/mol. The van der Waals surface area contributed by atoms with Crippen LogP contribution in [-0.2, 0) is 0 Å². The van der Waals surface area contributed by atoms with E-state index in [-0.39, 0.29) is 6.61 Å². The van der Waals surface area contributed by atoms with Gasteiger partial charge in [-0.2, -0.15) is 0 Å². The Morgan fingerprint density at radius 3 is 2.46 bits per heavy atom. The molecule has 1 aliphatic rings. The highest BCUT2D eigenvalue weighted by Gasteiger charge is 2.28. The van der Waals surface area contributed by atoms with Crippen molar-refractivity contribution in [3.63, 3.8) is 0 Å². The van der Waals surface area contributed by atoms with E-state index in [2.05, 4.69) is 16.0 Å². The molecule has 2 unspecified atom stereocenters. The van der Waals surface area contributed by atoms with E-state index in [1.807, 2.05) is 66.9 Å². The number of likely N-dealkylation sites (tertiary alicyclic amines) is 1. The highest BCUT2D eigenvalue weighted by atomic mass is 16.5. The minimum atomic E-state index is -0.532.